The molecule has 0 saturated carbocycles. The van der Waals surface area contributed by atoms with E-state index in [1.54, 1.807) is 55.1 Å². The Labute approximate surface area is 166 Å². The van der Waals surface area contributed by atoms with E-state index in [-0.39, 0.29) is 18.3 Å². The molecule has 0 atom stereocenters. The van der Waals surface area contributed by atoms with Crippen LogP contribution in [-0.4, -0.2) is 28.3 Å². The summed E-state index contributed by atoms with van der Waals surface area (Å²) >= 11 is 1.57. The van der Waals surface area contributed by atoms with Gasteiger partial charge in [0.1, 0.15) is 11.6 Å². The summed E-state index contributed by atoms with van der Waals surface area (Å²) < 4.78 is 24.0. The number of nitrogens with zero attached hydrogens (tertiary/aromatic N) is 2. The number of hydrogen-bond donors (Lipinski definition) is 1. The maximum atomic E-state index is 13.5. The highest BCUT2D eigenvalue weighted by Gasteiger charge is 2.07. The van der Waals surface area contributed by atoms with Gasteiger partial charge in [-0.05, 0) is 35.9 Å². The monoisotopic (exact) mass is 401 g/mol. The molecular formula is C20H20FN3O3S. The number of nitrogens with one attached hydrogen (secondary N) is 1. The number of rotatable bonds is 9. The average Bonchev–Trinajstić information content (AvgIpc) is 3.13. The first-order valence-corrected chi connectivity index (χ1v) is 9.88. The Balaban J connectivity index is 1.37. The fourth-order valence-electron chi connectivity index (χ4n) is 2.39. The number of hydrogen-bond acceptors (Lipinski definition) is 6. The van der Waals surface area contributed by atoms with Crippen LogP contribution < -0.4 is 10.1 Å². The van der Waals surface area contributed by atoms with Gasteiger partial charge in [-0.25, -0.2) is 4.39 Å². The van der Waals surface area contributed by atoms with Gasteiger partial charge in [0.2, 0.25) is 11.7 Å². The number of carbonyl (C=O) groups excluding carboxylic acids is 1. The molecule has 3 aromatic rings. The van der Waals surface area contributed by atoms with Crippen LogP contribution in [-0.2, 0) is 12.4 Å². The molecule has 3 rings (SSSR count). The van der Waals surface area contributed by atoms with Crippen molar-refractivity contribution in [1.82, 2.24) is 15.5 Å². The van der Waals surface area contributed by atoms with Crippen molar-refractivity contribution in [2.45, 2.75) is 19.3 Å². The third kappa shape index (κ3) is 5.82. The summed E-state index contributed by atoms with van der Waals surface area (Å²) in [6.45, 7) is 2.41. The molecular weight excluding hydrogens is 381 g/mol. The average molecular weight is 401 g/mol. The molecule has 6 nitrogen and oxygen atoms in total. The molecule has 1 N–H and O–H groups in total. The molecule has 146 valence electrons. The zero-order valence-electron chi connectivity index (χ0n) is 15.4. The number of ether oxygens (including phenoxy) is 1. The number of benzene rings is 2. The molecule has 0 aliphatic carbocycles. The number of aromatic nitrogens is 2. The van der Waals surface area contributed by atoms with Gasteiger partial charge in [-0.1, -0.05) is 23.4 Å². The number of carbonyl (C=O) groups is 1. The Hall–Kier alpha value is -2.87. The maximum absolute atomic E-state index is 13.5. The van der Waals surface area contributed by atoms with E-state index in [1.807, 2.05) is 6.07 Å². The van der Waals surface area contributed by atoms with Crippen molar-refractivity contribution in [2.75, 3.05) is 12.3 Å². The molecule has 2 aromatic carbocycles. The Morgan fingerprint density at radius 2 is 2.00 bits per heavy atom. The number of aryl methyl sites for hydroxylation is 1. The van der Waals surface area contributed by atoms with Gasteiger partial charge in [-0.2, -0.15) is 16.7 Å². The Kier molecular flexibility index (Phi) is 7.02. The lowest BCUT2D eigenvalue weighted by atomic mass is 10.2. The molecule has 28 heavy (non-hydrogen) atoms. The SMILES string of the molecule is Cc1nc(COc2ccc(C(=O)NCCSCc3ccccc3F)cc2)no1. The summed E-state index contributed by atoms with van der Waals surface area (Å²) in [5.74, 6) is 2.48. The third-order valence-electron chi connectivity index (χ3n) is 3.80. The molecule has 0 radical (unpaired) electrons. The summed E-state index contributed by atoms with van der Waals surface area (Å²) in [6.07, 6.45) is 0. The normalized spacial score (nSPS) is 10.6. The van der Waals surface area contributed by atoms with Gasteiger partial charge in [-0.3, -0.25) is 4.79 Å². The molecule has 0 saturated heterocycles. The second-order valence-electron chi connectivity index (χ2n) is 5.94. The van der Waals surface area contributed by atoms with E-state index in [0.29, 0.717) is 46.6 Å². The first-order chi connectivity index (χ1) is 13.6. The smallest absolute Gasteiger partial charge is 0.251 e. The van der Waals surface area contributed by atoms with E-state index in [4.69, 9.17) is 9.26 Å². The lowest BCUT2D eigenvalue weighted by Crippen LogP contribution is -2.25. The molecule has 1 heterocycles. The third-order valence-corrected chi connectivity index (χ3v) is 4.81. The Morgan fingerprint density at radius 3 is 2.71 bits per heavy atom. The predicted molar refractivity (Wildman–Crippen MR) is 105 cm³/mol. The van der Waals surface area contributed by atoms with E-state index < -0.39 is 0 Å². The van der Waals surface area contributed by atoms with Gasteiger partial charge in [0.25, 0.3) is 5.91 Å². The first kappa shape index (κ1) is 19.9. The van der Waals surface area contributed by atoms with Gasteiger partial charge in [-0.15, -0.1) is 0 Å². The zero-order valence-corrected chi connectivity index (χ0v) is 16.2. The van der Waals surface area contributed by atoms with Crippen LogP contribution in [0.2, 0.25) is 0 Å². The van der Waals surface area contributed by atoms with Crippen molar-refractivity contribution < 1.29 is 18.4 Å². The fourth-order valence-corrected chi connectivity index (χ4v) is 3.23. The minimum atomic E-state index is -0.198. The second kappa shape index (κ2) is 9.89. The van der Waals surface area contributed by atoms with E-state index in [9.17, 15) is 9.18 Å². The highest BCUT2D eigenvalue weighted by atomic mass is 32.2. The molecule has 0 fully saturated rings. The van der Waals surface area contributed by atoms with Crippen LogP contribution in [0, 0.1) is 12.7 Å². The number of amides is 1. The van der Waals surface area contributed by atoms with E-state index in [2.05, 4.69) is 15.5 Å². The van der Waals surface area contributed by atoms with E-state index in [0.717, 1.165) is 0 Å². The minimum Gasteiger partial charge on any atom is -0.485 e. The summed E-state index contributed by atoms with van der Waals surface area (Å²) in [6, 6.07) is 13.5. The van der Waals surface area contributed by atoms with Crippen LogP contribution in [0.5, 0.6) is 5.75 Å². The van der Waals surface area contributed by atoms with Crippen LogP contribution in [0.25, 0.3) is 0 Å². The number of thioether (sulfide) groups is 1. The largest absolute Gasteiger partial charge is 0.485 e. The van der Waals surface area contributed by atoms with E-state index in [1.165, 1.54) is 6.07 Å². The summed E-state index contributed by atoms with van der Waals surface area (Å²) in [5, 5.41) is 6.60. The quantitative estimate of drug-likeness (QED) is 0.550. The molecule has 0 aliphatic rings. The highest BCUT2D eigenvalue weighted by molar-refractivity contribution is 7.98. The highest BCUT2D eigenvalue weighted by Crippen LogP contribution is 2.15. The number of halogens is 1. The fraction of sp³-hybridized carbons (Fsp3) is 0.250. The zero-order chi connectivity index (χ0) is 19.8. The van der Waals surface area contributed by atoms with Crippen LogP contribution in [0.15, 0.2) is 53.1 Å². The van der Waals surface area contributed by atoms with Crippen LogP contribution in [0.4, 0.5) is 4.39 Å². The summed E-state index contributed by atoms with van der Waals surface area (Å²) in [4.78, 5) is 16.2. The predicted octanol–water partition coefficient (Wildman–Crippen LogP) is 3.76. The van der Waals surface area contributed by atoms with Crippen molar-refractivity contribution in [1.29, 1.82) is 0 Å². The summed E-state index contributed by atoms with van der Waals surface area (Å²) in [7, 11) is 0. The Bertz CT molecular complexity index is 915. The molecule has 0 spiro atoms. The van der Waals surface area contributed by atoms with Gasteiger partial charge < -0.3 is 14.6 Å². The van der Waals surface area contributed by atoms with Gasteiger partial charge in [0, 0.05) is 30.5 Å². The molecule has 1 aromatic heterocycles. The van der Waals surface area contributed by atoms with Crippen molar-refractivity contribution in [3.63, 3.8) is 0 Å². The van der Waals surface area contributed by atoms with Crippen molar-refractivity contribution in [3.8, 4) is 5.75 Å². The van der Waals surface area contributed by atoms with Crippen LogP contribution >= 0.6 is 11.8 Å². The lowest BCUT2D eigenvalue weighted by Gasteiger charge is -2.07. The van der Waals surface area contributed by atoms with Crippen molar-refractivity contribution in [3.05, 3.63) is 77.2 Å². The molecule has 0 bridgehead atoms. The first-order valence-electron chi connectivity index (χ1n) is 8.73. The topological polar surface area (TPSA) is 77.2 Å². The van der Waals surface area contributed by atoms with Crippen LogP contribution in [0.1, 0.15) is 27.6 Å². The minimum absolute atomic E-state index is 0.160. The summed E-state index contributed by atoms with van der Waals surface area (Å²) in [5.41, 5.74) is 1.22. The van der Waals surface area contributed by atoms with Gasteiger partial charge in [0.15, 0.2) is 6.61 Å². The Morgan fingerprint density at radius 1 is 1.21 bits per heavy atom. The molecule has 0 unspecified atom stereocenters. The molecule has 1 amide bonds. The van der Waals surface area contributed by atoms with Gasteiger partial charge in [0.05, 0.1) is 0 Å². The molecule has 8 heteroatoms. The standard InChI is InChI=1S/C20H20FN3O3S/c1-14-23-19(24-27-14)12-26-17-8-6-15(7-9-17)20(25)22-10-11-28-13-16-4-2-3-5-18(16)21/h2-9H,10-13H2,1H3,(H,22,25). The van der Waals surface area contributed by atoms with Crippen molar-refractivity contribution >= 4 is 17.7 Å². The molecule has 0 aliphatic heterocycles. The second-order valence-corrected chi connectivity index (χ2v) is 7.05. The van der Waals surface area contributed by atoms with Crippen molar-refractivity contribution in [2.24, 2.45) is 0 Å². The van der Waals surface area contributed by atoms with Crippen LogP contribution in [0.3, 0.4) is 0 Å². The van der Waals surface area contributed by atoms with E-state index >= 15 is 0 Å². The van der Waals surface area contributed by atoms with Gasteiger partial charge >= 0.3 is 0 Å². The lowest BCUT2D eigenvalue weighted by molar-refractivity contribution is 0.0956. The maximum Gasteiger partial charge on any atom is 0.251 e.